The molecule has 0 radical (unpaired) electrons. The van der Waals surface area contributed by atoms with E-state index >= 15 is 0 Å². The largest absolute Gasteiger partial charge is 0.370 e. The highest BCUT2D eigenvalue weighted by molar-refractivity contribution is 5.55. The van der Waals surface area contributed by atoms with Crippen LogP contribution < -0.4 is 10.6 Å². The second kappa shape index (κ2) is 6.06. The van der Waals surface area contributed by atoms with Gasteiger partial charge >= 0.3 is 0 Å². The van der Waals surface area contributed by atoms with Crippen LogP contribution in [-0.4, -0.2) is 7.05 Å². The Balaban J connectivity index is 2.24. The van der Waals surface area contributed by atoms with Gasteiger partial charge in [0.15, 0.2) is 0 Å². The summed E-state index contributed by atoms with van der Waals surface area (Å²) in [6.07, 6.45) is 0. The molecule has 3 heteroatoms. The van der Waals surface area contributed by atoms with E-state index in [4.69, 9.17) is 5.73 Å². The van der Waals surface area contributed by atoms with Crippen molar-refractivity contribution >= 4 is 5.69 Å². The number of nitrogens with zero attached hydrogens (tertiary/aromatic N) is 1. The van der Waals surface area contributed by atoms with Gasteiger partial charge in [-0.2, -0.15) is 0 Å². The van der Waals surface area contributed by atoms with E-state index in [0.717, 1.165) is 17.8 Å². The summed E-state index contributed by atoms with van der Waals surface area (Å²) in [5, 5.41) is 0. The Kier molecular flexibility index (Phi) is 4.40. The van der Waals surface area contributed by atoms with Crippen LogP contribution in [0.1, 0.15) is 29.7 Å². The molecular formula is C17H21FN2. The first-order chi connectivity index (χ1) is 9.47. The first-order valence-corrected chi connectivity index (χ1v) is 6.79. The van der Waals surface area contributed by atoms with Gasteiger partial charge in [-0.15, -0.1) is 0 Å². The van der Waals surface area contributed by atoms with Gasteiger partial charge in [0.1, 0.15) is 5.82 Å². The Morgan fingerprint density at radius 1 is 1.15 bits per heavy atom. The Bertz CT molecular complexity index is 576. The molecular weight excluding hydrogens is 251 g/mol. The highest BCUT2D eigenvalue weighted by atomic mass is 19.1. The number of rotatable bonds is 4. The fourth-order valence-corrected chi connectivity index (χ4v) is 2.29. The van der Waals surface area contributed by atoms with Crippen molar-refractivity contribution in [2.45, 2.75) is 26.4 Å². The Hall–Kier alpha value is -1.87. The third kappa shape index (κ3) is 3.36. The van der Waals surface area contributed by atoms with Gasteiger partial charge < -0.3 is 10.6 Å². The van der Waals surface area contributed by atoms with E-state index in [1.165, 1.54) is 23.3 Å². The fourth-order valence-electron chi connectivity index (χ4n) is 2.29. The van der Waals surface area contributed by atoms with E-state index in [9.17, 15) is 4.39 Å². The third-order valence-corrected chi connectivity index (χ3v) is 3.43. The van der Waals surface area contributed by atoms with E-state index in [2.05, 4.69) is 36.1 Å². The fraction of sp³-hybridized carbons (Fsp3) is 0.294. The van der Waals surface area contributed by atoms with E-state index in [1.54, 1.807) is 6.07 Å². The number of nitrogens with two attached hydrogens (primary N) is 1. The molecule has 2 rings (SSSR count). The van der Waals surface area contributed by atoms with Crippen LogP contribution in [0.3, 0.4) is 0 Å². The van der Waals surface area contributed by atoms with Gasteiger partial charge in [-0.05, 0) is 43.2 Å². The van der Waals surface area contributed by atoms with Crippen LogP contribution in [0.5, 0.6) is 0 Å². The van der Waals surface area contributed by atoms with Crippen LogP contribution >= 0.6 is 0 Å². The first kappa shape index (κ1) is 14.5. The van der Waals surface area contributed by atoms with E-state index in [-0.39, 0.29) is 11.9 Å². The normalized spacial score (nSPS) is 12.2. The topological polar surface area (TPSA) is 29.3 Å². The lowest BCUT2D eigenvalue weighted by Crippen LogP contribution is -2.20. The molecule has 0 saturated carbocycles. The van der Waals surface area contributed by atoms with Crippen molar-refractivity contribution in [2.75, 3.05) is 11.9 Å². The van der Waals surface area contributed by atoms with E-state index < -0.39 is 0 Å². The molecule has 2 aromatic rings. The number of benzene rings is 2. The highest BCUT2D eigenvalue weighted by Gasteiger charge is 2.12. The summed E-state index contributed by atoms with van der Waals surface area (Å²) in [6.45, 7) is 4.71. The molecule has 0 aromatic heterocycles. The molecule has 0 aliphatic rings. The van der Waals surface area contributed by atoms with E-state index in [1.807, 2.05) is 14.0 Å². The lowest BCUT2D eigenvalue weighted by atomic mass is 10.0. The molecule has 0 saturated heterocycles. The monoisotopic (exact) mass is 272 g/mol. The average Bonchev–Trinajstić information content (AvgIpc) is 2.41. The summed E-state index contributed by atoms with van der Waals surface area (Å²) in [6, 6.07) is 13.0. The Labute approximate surface area is 120 Å². The molecule has 2 aromatic carbocycles. The zero-order valence-corrected chi connectivity index (χ0v) is 12.2. The number of hydrogen-bond acceptors (Lipinski definition) is 2. The van der Waals surface area contributed by atoms with Crippen LogP contribution in [0, 0.1) is 12.7 Å². The maximum absolute atomic E-state index is 13.4. The Morgan fingerprint density at radius 3 is 2.40 bits per heavy atom. The molecule has 0 aliphatic heterocycles. The van der Waals surface area contributed by atoms with Crippen molar-refractivity contribution in [2.24, 2.45) is 5.73 Å². The molecule has 20 heavy (non-hydrogen) atoms. The van der Waals surface area contributed by atoms with Gasteiger partial charge in [0.2, 0.25) is 0 Å². The summed E-state index contributed by atoms with van der Waals surface area (Å²) in [5.41, 5.74) is 10.2. The van der Waals surface area contributed by atoms with Crippen LogP contribution in [0.2, 0.25) is 0 Å². The molecule has 0 fully saturated rings. The van der Waals surface area contributed by atoms with Crippen molar-refractivity contribution < 1.29 is 4.39 Å². The molecule has 1 atom stereocenters. The van der Waals surface area contributed by atoms with Gasteiger partial charge in [0, 0.05) is 25.3 Å². The molecule has 0 bridgehead atoms. The second-order valence-electron chi connectivity index (χ2n) is 5.33. The smallest absolute Gasteiger partial charge is 0.123 e. The molecule has 0 aliphatic carbocycles. The zero-order valence-electron chi connectivity index (χ0n) is 12.2. The van der Waals surface area contributed by atoms with Crippen molar-refractivity contribution in [3.63, 3.8) is 0 Å². The standard InChI is InChI=1S/C17H21FN2/c1-12-4-6-14(7-5-12)11-20(3)17-9-8-15(18)10-16(17)13(2)19/h4-10,13H,11,19H2,1-3H3. The molecule has 106 valence electrons. The predicted octanol–water partition coefficient (Wildman–Crippen LogP) is 3.79. The summed E-state index contributed by atoms with van der Waals surface area (Å²) in [5.74, 6) is -0.246. The van der Waals surface area contributed by atoms with Crippen molar-refractivity contribution in [3.05, 3.63) is 65.0 Å². The quantitative estimate of drug-likeness (QED) is 0.917. The Morgan fingerprint density at radius 2 is 1.80 bits per heavy atom. The minimum absolute atomic E-state index is 0.193. The van der Waals surface area contributed by atoms with Gasteiger partial charge in [0.05, 0.1) is 0 Å². The second-order valence-corrected chi connectivity index (χ2v) is 5.33. The van der Waals surface area contributed by atoms with Gasteiger partial charge in [-0.1, -0.05) is 29.8 Å². The van der Waals surface area contributed by atoms with Gasteiger partial charge in [-0.3, -0.25) is 0 Å². The van der Waals surface area contributed by atoms with Crippen LogP contribution in [0.4, 0.5) is 10.1 Å². The lowest BCUT2D eigenvalue weighted by Gasteiger charge is -2.24. The summed E-state index contributed by atoms with van der Waals surface area (Å²) < 4.78 is 13.4. The van der Waals surface area contributed by atoms with Crippen LogP contribution in [0.25, 0.3) is 0 Å². The van der Waals surface area contributed by atoms with Crippen LogP contribution in [-0.2, 0) is 6.54 Å². The maximum Gasteiger partial charge on any atom is 0.123 e. The summed E-state index contributed by atoms with van der Waals surface area (Å²) in [4.78, 5) is 2.10. The van der Waals surface area contributed by atoms with Gasteiger partial charge in [-0.25, -0.2) is 4.39 Å². The van der Waals surface area contributed by atoms with E-state index in [0.29, 0.717) is 0 Å². The number of hydrogen-bond donors (Lipinski definition) is 1. The lowest BCUT2D eigenvalue weighted by molar-refractivity contribution is 0.622. The average molecular weight is 272 g/mol. The summed E-state index contributed by atoms with van der Waals surface area (Å²) in [7, 11) is 2.00. The van der Waals surface area contributed by atoms with Gasteiger partial charge in [0.25, 0.3) is 0 Å². The summed E-state index contributed by atoms with van der Waals surface area (Å²) >= 11 is 0. The third-order valence-electron chi connectivity index (χ3n) is 3.43. The van der Waals surface area contributed by atoms with Crippen molar-refractivity contribution in [1.29, 1.82) is 0 Å². The number of aryl methyl sites for hydroxylation is 1. The number of halogens is 1. The molecule has 0 heterocycles. The molecule has 0 amide bonds. The van der Waals surface area contributed by atoms with Crippen molar-refractivity contribution in [3.8, 4) is 0 Å². The highest BCUT2D eigenvalue weighted by Crippen LogP contribution is 2.26. The van der Waals surface area contributed by atoms with Crippen molar-refractivity contribution in [1.82, 2.24) is 0 Å². The minimum atomic E-state index is -0.246. The predicted molar refractivity (Wildman–Crippen MR) is 82.3 cm³/mol. The maximum atomic E-state index is 13.4. The molecule has 1 unspecified atom stereocenters. The molecule has 2 nitrogen and oxygen atoms in total. The zero-order chi connectivity index (χ0) is 14.7. The molecule has 0 spiro atoms. The van der Waals surface area contributed by atoms with Crippen LogP contribution in [0.15, 0.2) is 42.5 Å². The SMILES string of the molecule is Cc1ccc(CN(C)c2ccc(F)cc2C(C)N)cc1. The first-order valence-electron chi connectivity index (χ1n) is 6.79. The minimum Gasteiger partial charge on any atom is -0.370 e. The molecule has 2 N–H and O–H groups in total. The number of anilines is 1.